The summed E-state index contributed by atoms with van der Waals surface area (Å²) in [6.07, 6.45) is 5.46. The van der Waals surface area contributed by atoms with Crippen molar-refractivity contribution in [3.05, 3.63) is 34.9 Å². The van der Waals surface area contributed by atoms with E-state index in [2.05, 4.69) is 37.0 Å². The summed E-state index contributed by atoms with van der Waals surface area (Å²) in [7, 11) is 1.48. The number of aliphatic carboxylic acids is 1. The van der Waals surface area contributed by atoms with E-state index in [9.17, 15) is 9.90 Å². The molecular formula is C21H29NO4. The van der Waals surface area contributed by atoms with E-state index in [0.717, 1.165) is 38.2 Å². The number of likely N-dealkylation sites (tertiary alicyclic amines) is 1. The van der Waals surface area contributed by atoms with Gasteiger partial charge in [0.2, 0.25) is 0 Å². The van der Waals surface area contributed by atoms with E-state index in [0.29, 0.717) is 19.0 Å². The van der Waals surface area contributed by atoms with Gasteiger partial charge in [-0.15, -0.1) is 0 Å². The molecule has 1 saturated heterocycles. The molecule has 5 nitrogen and oxygen atoms in total. The minimum Gasteiger partial charge on any atom is -0.494 e. The second kappa shape index (κ2) is 7.80. The predicted molar refractivity (Wildman–Crippen MR) is 102 cm³/mol. The lowest BCUT2D eigenvalue weighted by molar-refractivity contribution is -0.184. The van der Waals surface area contributed by atoms with Crippen LogP contribution in [0.4, 0.5) is 0 Å². The van der Waals surface area contributed by atoms with E-state index in [4.69, 9.17) is 9.47 Å². The Morgan fingerprint density at radius 3 is 2.81 bits per heavy atom. The molecule has 5 heteroatoms. The number of fused-ring (bicyclic) bond motifs is 1. The minimum absolute atomic E-state index is 0.441. The van der Waals surface area contributed by atoms with Crippen LogP contribution >= 0.6 is 0 Å². The van der Waals surface area contributed by atoms with Gasteiger partial charge in [-0.3, -0.25) is 4.90 Å². The Balaban J connectivity index is 1.65. The van der Waals surface area contributed by atoms with Gasteiger partial charge in [-0.25, -0.2) is 4.79 Å². The van der Waals surface area contributed by atoms with E-state index < -0.39 is 11.6 Å². The highest BCUT2D eigenvalue weighted by atomic mass is 16.5. The van der Waals surface area contributed by atoms with Gasteiger partial charge in [0, 0.05) is 26.7 Å². The van der Waals surface area contributed by atoms with Gasteiger partial charge in [0.1, 0.15) is 5.75 Å². The summed E-state index contributed by atoms with van der Waals surface area (Å²) < 4.78 is 11.0. The lowest BCUT2D eigenvalue weighted by Gasteiger charge is -2.46. The summed E-state index contributed by atoms with van der Waals surface area (Å²) in [5, 5.41) is 9.31. The number of benzene rings is 1. The van der Waals surface area contributed by atoms with Crippen LogP contribution in [0.5, 0.6) is 5.75 Å². The molecule has 0 bridgehead atoms. The van der Waals surface area contributed by atoms with Gasteiger partial charge in [0.05, 0.1) is 6.61 Å². The average Bonchev–Trinajstić information content (AvgIpc) is 2.58. The SMILES string of the molecule is CCCCOc1ccc2c(c1)C[C@H](C)C(CN1CC(OC)(C(=O)O)C1)=C2. The van der Waals surface area contributed by atoms with Crippen molar-refractivity contribution in [1.82, 2.24) is 4.90 Å². The Kier molecular flexibility index (Phi) is 5.68. The van der Waals surface area contributed by atoms with Gasteiger partial charge in [-0.1, -0.05) is 38.0 Å². The highest BCUT2D eigenvalue weighted by molar-refractivity contribution is 5.79. The molecule has 1 aromatic rings. The first-order chi connectivity index (χ1) is 12.5. The van der Waals surface area contributed by atoms with Gasteiger partial charge in [-0.05, 0) is 42.0 Å². The normalized spacial score (nSPS) is 21.5. The molecule has 0 aromatic heterocycles. The van der Waals surface area contributed by atoms with Crippen molar-refractivity contribution in [3.63, 3.8) is 0 Å². The number of hydrogen-bond donors (Lipinski definition) is 1. The molecule has 1 aromatic carbocycles. The van der Waals surface area contributed by atoms with Crippen molar-refractivity contribution >= 4 is 12.0 Å². The zero-order chi connectivity index (χ0) is 18.7. The fraction of sp³-hybridized carbons (Fsp3) is 0.571. The fourth-order valence-electron chi connectivity index (χ4n) is 3.73. The minimum atomic E-state index is -1.03. The molecule has 0 amide bonds. The largest absolute Gasteiger partial charge is 0.494 e. The Hall–Kier alpha value is -1.85. The van der Waals surface area contributed by atoms with Crippen molar-refractivity contribution in [1.29, 1.82) is 0 Å². The Labute approximate surface area is 155 Å². The van der Waals surface area contributed by atoms with Crippen LogP contribution in [-0.2, 0) is 16.0 Å². The summed E-state index contributed by atoms with van der Waals surface area (Å²) in [6, 6.07) is 6.34. The molecule has 1 aliphatic carbocycles. The van der Waals surface area contributed by atoms with Crippen LogP contribution in [0, 0.1) is 5.92 Å². The number of carbonyl (C=O) groups is 1. The van der Waals surface area contributed by atoms with E-state index >= 15 is 0 Å². The first kappa shape index (κ1) is 18.9. The van der Waals surface area contributed by atoms with Crippen molar-refractivity contribution in [3.8, 4) is 5.75 Å². The Morgan fingerprint density at radius 1 is 1.38 bits per heavy atom. The summed E-state index contributed by atoms with van der Waals surface area (Å²) in [4.78, 5) is 13.5. The molecule has 3 rings (SSSR count). The maximum atomic E-state index is 11.3. The van der Waals surface area contributed by atoms with Crippen LogP contribution in [0.25, 0.3) is 6.08 Å². The van der Waals surface area contributed by atoms with Crippen molar-refractivity contribution < 1.29 is 19.4 Å². The smallest absolute Gasteiger partial charge is 0.338 e. The molecular weight excluding hydrogens is 330 g/mol. The van der Waals surface area contributed by atoms with E-state index in [1.807, 2.05) is 6.07 Å². The number of rotatable bonds is 8. The zero-order valence-electron chi connectivity index (χ0n) is 16.0. The monoisotopic (exact) mass is 359 g/mol. The van der Waals surface area contributed by atoms with Crippen molar-refractivity contribution in [2.75, 3.05) is 33.4 Å². The lowest BCUT2D eigenvalue weighted by Crippen LogP contribution is -2.67. The molecule has 0 radical (unpaired) electrons. The lowest BCUT2D eigenvalue weighted by atomic mass is 9.83. The summed E-state index contributed by atoms with van der Waals surface area (Å²) >= 11 is 0. The zero-order valence-corrected chi connectivity index (χ0v) is 16.0. The highest BCUT2D eigenvalue weighted by Gasteiger charge is 2.50. The predicted octanol–water partition coefficient (Wildman–Crippen LogP) is 3.23. The first-order valence-electron chi connectivity index (χ1n) is 9.44. The fourth-order valence-corrected chi connectivity index (χ4v) is 3.73. The Morgan fingerprint density at radius 2 is 2.15 bits per heavy atom. The van der Waals surface area contributed by atoms with Gasteiger partial charge in [0.15, 0.2) is 5.60 Å². The maximum absolute atomic E-state index is 11.3. The third-order valence-electron chi connectivity index (χ3n) is 5.53. The number of methoxy groups -OCH3 is 1. The number of ether oxygens (including phenoxy) is 2. The number of hydrogen-bond acceptors (Lipinski definition) is 4. The highest BCUT2D eigenvalue weighted by Crippen LogP contribution is 2.33. The third-order valence-corrected chi connectivity index (χ3v) is 5.53. The van der Waals surface area contributed by atoms with E-state index in [-0.39, 0.29) is 0 Å². The molecule has 1 heterocycles. The average molecular weight is 359 g/mol. The topological polar surface area (TPSA) is 59.0 Å². The standard InChI is InChI=1S/C21H29NO4/c1-4-5-8-26-19-7-6-16-10-18(15(2)9-17(16)11-19)12-22-13-21(14-22,25-3)20(23)24/h6-7,10-11,15H,4-5,8-9,12-14H2,1-3H3,(H,23,24)/t15-/m0/s1. The van der Waals surface area contributed by atoms with Crippen LogP contribution in [0.2, 0.25) is 0 Å². The quantitative estimate of drug-likeness (QED) is 0.722. The molecule has 2 aliphatic rings. The second-order valence-corrected chi connectivity index (χ2v) is 7.54. The summed E-state index contributed by atoms with van der Waals surface area (Å²) in [5.41, 5.74) is 2.90. The van der Waals surface area contributed by atoms with Gasteiger partial charge < -0.3 is 14.6 Å². The van der Waals surface area contributed by atoms with Crippen LogP contribution in [0.15, 0.2) is 23.8 Å². The van der Waals surface area contributed by atoms with E-state index in [1.54, 1.807) is 0 Å². The molecule has 1 aliphatic heterocycles. The Bertz CT molecular complexity index is 691. The van der Waals surface area contributed by atoms with Gasteiger partial charge in [0.25, 0.3) is 0 Å². The summed E-state index contributed by atoms with van der Waals surface area (Å²) in [5.74, 6) is 0.522. The molecule has 1 atom stereocenters. The second-order valence-electron chi connectivity index (χ2n) is 7.54. The van der Waals surface area contributed by atoms with Gasteiger partial charge >= 0.3 is 5.97 Å². The molecule has 142 valence electrons. The van der Waals surface area contributed by atoms with E-state index in [1.165, 1.54) is 23.8 Å². The molecule has 0 saturated carbocycles. The van der Waals surface area contributed by atoms with Crippen molar-refractivity contribution in [2.24, 2.45) is 5.92 Å². The molecule has 0 spiro atoms. The third kappa shape index (κ3) is 3.79. The molecule has 1 fully saturated rings. The first-order valence-corrected chi connectivity index (χ1v) is 9.44. The molecule has 0 unspecified atom stereocenters. The van der Waals surface area contributed by atoms with Crippen LogP contribution in [0.3, 0.4) is 0 Å². The van der Waals surface area contributed by atoms with Gasteiger partial charge in [-0.2, -0.15) is 0 Å². The maximum Gasteiger partial charge on any atom is 0.338 e. The molecule has 26 heavy (non-hydrogen) atoms. The summed E-state index contributed by atoms with van der Waals surface area (Å²) in [6.45, 7) is 6.86. The molecule has 1 N–H and O–H groups in total. The number of carboxylic acids is 1. The van der Waals surface area contributed by atoms with Crippen molar-refractivity contribution in [2.45, 2.75) is 38.7 Å². The number of carboxylic acid groups (broad SMARTS) is 1. The number of nitrogens with zero attached hydrogens (tertiary/aromatic N) is 1. The number of unbranched alkanes of at least 4 members (excludes halogenated alkanes) is 1. The van der Waals surface area contributed by atoms with Crippen LogP contribution < -0.4 is 4.74 Å². The van der Waals surface area contributed by atoms with Crippen LogP contribution in [0.1, 0.15) is 37.8 Å². The van der Waals surface area contributed by atoms with Crippen LogP contribution in [-0.4, -0.2) is 54.9 Å².